The smallest absolute Gasteiger partial charge is 0.0215 e. The average Bonchev–Trinajstić information content (AvgIpc) is 1.51. The van der Waals surface area contributed by atoms with Crippen molar-refractivity contribution in [3.8, 4) is 122 Å². The number of benzene rings is 14. The molecule has 0 heterocycles. The van der Waals surface area contributed by atoms with Gasteiger partial charge < -0.3 is 0 Å². The molecule has 0 bridgehead atoms. The Morgan fingerprint density at radius 2 is 0.426 bits per heavy atom. The topological polar surface area (TPSA) is 0 Å². The van der Waals surface area contributed by atoms with Gasteiger partial charge in [-0.3, -0.25) is 0 Å². The summed E-state index contributed by atoms with van der Waals surface area (Å²) >= 11 is 0. The molecule has 21 rings (SSSR count). The van der Waals surface area contributed by atoms with Crippen molar-refractivity contribution in [3.05, 3.63) is 321 Å². The fourth-order valence-electron chi connectivity index (χ4n) is 24.1. The average molecular weight is 1490 g/mol. The van der Waals surface area contributed by atoms with Crippen molar-refractivity contribution < 1.29 is 0 Å². The van der Waals surface area contributed by atoms with Crippen LogP contribution in [0.15, 0.2) is 243 Å². The number of hydrogen-bond donors (Lipinski definition) is 0. The van der Waals surface area contributed by atoms with Gasteiger partial charge in [0.1, 0.15) is 0 Å². The Balaban J connectivity index is 0.643. The second kappa shape index (κ2) is 25.8. The minimum absolute atomic E-state index is 0.0402. The molecule has 14 aromatic carbocycles. The summed E-state index contributed by atoms with van der Waals surface area (Å²) in [7, 11) is 0. The van der Waals surface area contributed by atoms with Crippen molar-refractivity contribution >= 4 is 21.5 Å². The van der Waals surface area contributed by atoms with Gasteiger partial charge in [0.2, 0.25) is 0 Å². The van der Waals surface area contributed by atoms with E-state index in [1.807, 2.05) is 0 Å². The first-order valence-electron chi connectivity index (χ1n) is 44.1. The molecule has 0 unspecified atom stereocenters. The molecule has 0 amide bonds. The SMILES string of the molecule is CCCCCCCCC1(CCCCCCCC)c2cc3c(cc2-c2cc4c(cc21)-c1c(cc(-c2ccc(-c5ccc6c(c5)C(C)(C)c5cc7c(cc5-6)C(C)(C)c5ccccc5-7)cc2)c2ccccc12)C4(C)C)C(C)(C)c1cc(-c2ccc(-c4ccc5c(c4)C(C)(C)c4cc6c(cc4-5)C(C)(C)c4ccccc4-6)cc2)c2ccccc2c1-3. The van der Waals surface area contributed by atoms with Crippen molar-refractivity contribution in [2.24, 2.45) is 0 Å². The normalized spacial score (nSPS) is 16.7. The third-order valence-electron chi connectivity index (χ3n) is 30.7. The van der Waals surface area contributed by atoms with E-state index in [0.29, 0.717) is 0 Å². The van der Waals surface area contributed by atoms with Crippen LogP contribution in [0.25, 0.3) is 144 Å². The Labute approximate surface area is 684 Å². The molecule has 115 heavy (non-hydrogen) atoms. The van der Waals surface area contributed by atoms with Crippen LogP contribution in [0.4, 0.5) is 0 Å². The van der Waals surface area contributed by atoms with Crippen LogP contribution in [0, 0.1) is 0 Å². The predicted octanol–water partition coefficient (Wildman–Crippen LogP) is 32.3. The van der Waals surface area contributed by atoms with E-state index in [1.54, 1.807) is 11.1 Å². The highest BCUT2D eigenvalue weighted by Crippen LogP contribution is 2.66. The summed E-state index contributed by atoms with van der Waals surface area (Å²) in [4.78, 5) is 0. The van der Waals surface area contributed by atoms with Gasteiger partial charge in [-0.15, -0.1) is 0 Å². The predicted molar refractivity (Wildman–Crippen MR) is 491 cm³/mol. The number of fused-ring (bicyclic) bond motifs is 25. The first-order chi connectivity index (χ1) is 55.5. The van der Waals surface area contributed by atoms with Gasteiger partial charge in [0, 0.05) is 37.9 Å². The van der Waals surface area contributed by atoms with Crippen LogP contribution in [0.2, 0.25) is 0 Å². The fourth-order valence-corrected chi connectivity index (χ4v) is 24.1. The molecule has 0 saturated carbocycles. The molecule has 0 fully saturated rings. The summed E-state index contributed by atoms with van der Waals surface area (Å²) in [6.45, 7) is 34.3. The number of unbranched alkanes of at least 4 members (excludes halogenated alkanes) is 10. The molecular weight excluding hydrogens is 1380 g/mol. The summed E-state index contributed by atoms with van der Waals surface area (Å²) in [6.07, 6.45) is 17.8. The summed E-state index contributed by atoms with van der Waals surface area (Å²) in [6, 6.07) is 97.4. The molecule has 0 N–H and O–H groups in total. The van der Waals surface area contributed by atoms with Gasteiger partial charge in [-0.25, -0.2) is 0 Å². The number of hydrogen-bond acceptors (Lipinski definition) is 0. The minimum atomic E-state index is -0.257. The highest BCUT2D eigenvalue weighted by atomic mass is 14.5. The molecule has 0 spiro atoms. The van der Waals surface area contributed by atoms with Crippen LogP contribution in [0.1, 0.15) is 265 Å². The minimum Gasteiger partial charge on any atom is -0.0654 e. The van der Waals surface area contributed by atoms with Crippen LogP contribution in [0.3, 0.4) is 0 Å². The van der Waals surface area contributed by atoms with Crippen LogP contribution in [-0.2, 0) is 37.9 Å². The van der Waals surface area contributed by atoms with Crippen LogP contribution >= 0.6 is 0 Å². The first kappa shape index (κ1) is 72.3. The maximum absolute atomic E-state index is 2.81. The Kier molecular flexibility index (Phi) is 16.2. The molecule has 7 aliphatic rings. The van der Waals surface area contributed by atoms with E-state index in [-0.39, 0.29) is 37.9 Å². The lowest BCUT2D eigenvalue weighted by Crippen LogP contribution is -2.26. The van der Waals surface area contributed by atoms with Gasteiger partial charge in [0.05, 0.1) is 0 Å². The highest BCUT2D eigenvalue weighted by Gasteiger charge is 2.50. The van der Waals surface area contributed by atoms with E-state index >= 15 is 0 Å². The molecule has 0 aromatic heterocycles. The highest BCUT2D eigenvalue weighted by molar-refractivity contribution is 6.12. The quantitative estimate of drug-likeness (QED) is 0.0751. The van der Waals surface area contributed by atoms with Gasteiger partial charge in [0.25, 0.3) is 0 Å². The van der Waals surface area contributed by atoms with Crippen LogP contribution in [0.5, 0.6) is 0 Å². The molecule has 0 aliphatic heterocycles. The van der Waals surface area contributed by atoms with E-state index in [2.05, 4.69) is 340 Å². The Morgan fingerprint density at radius 1 is 0.174 bits per heavy atom. The fraction of sp³-hybridized carbons (Fsp3) is 0.304. The molecule has 0 heteroatoms. The third-order valence-corrected chi connectivity index (χ3v) is 30.7. The largest absolute Gasteiger partial charge is 0.0654 e. The van der Waals surface area contributed by atoms with Gasteiger partial charge in [-0.1, -0.05) is 344 Å². The van der Waals surface area contributed by atoms with Crippen LogP contribution in [-0.4, -0.2) is 0 Å². The summed E-state index contributed by atoms with van der Waals surface area (Å²) < 4.78 is 0. The van der Waals surface area contributed by atoms with Crippen molar-refractivity contribution in [1.29, 1.82) is 0 Å². The second-order valence-electron chi connectivity index (χ2n) is 39.2. The Hall–Kier alpha value is -10.4. The van der Waals surface area contributed by atoms with E-state index in [9.17, 15) is 0 Å². The maximum Gasteiger partial charge on any atom is 0.0215 e. The zero-order valence-electron chi connectivity index (χ0n) is 70.5. The lowest BCUT2D eigenvalue weighted by atomic mass is 9.69. The molecule has 570 valence electrons. The Bertz CT molecular complexity index is 6060. The van der Waals surface area contributed by atoms with Crippen molar-refractivity contribution in [3.63, 3.8) is 0 Å². The van der Waals surface area contributed by atoms with E-state index in [1.165, 1.54) is 301 Å². The van der Waals surface area contributed by atoms with E-state index in [0.717, 1.165) is 0 Å². The van der Waals surface area contributed by atoms with Gasteiger partial charge in [0.15, 0.2) is 0 Å². The third kappa shape index (κ3) is 10.3. The standard InChI is InChI=1S/C115H110/c1-15-17-19-21-23-33-55-115(56-34-24-22-20-18-16-2)103-67-91-101(113(11,12)105-59-83(75-35-25-27-39-81(75)107(91)105)71-47-43-69(44-48-71)73-51-53-79-87-63-97-85(61-99(87)111(7,8)95(79)57-73)77-37-29-31-41-93(77)109(97,3)4)65-89(103)90-66-102-92(68-104(90)115)108-82-40-28-26-36-76(82)84(60-106(108)114(102,13)14)72-49-45-70(46-50-72)74-52-54-80-88-64-98-86(62-100(88)112(9,10)96(80)58-74)78-38-30-32-42-94(78)110(98,5)6/h25-32,35-54,57-68H,15-24,33-34,55-56H2,1-14H3. The van der Waals surface area contributed by atoms with Crippen molar-refractivity contribution in [1.82, 2.24) is 0 Å². The monoisotopic (exact) mass is 1490 g/mol. The molecule has 0 nitrogen and oxygen atoms in total. The van der Waals surface area contributed by atoms with E-state index in [4.69, 9.17) is 0 Å². The zero-order valence-corrected chi connectivity index (χ0v) is 70.5. The molecule has 7 aliphatic carbocycles. The van der Waals surface area contributed by atoms with Gasteiger partial charge >= 0.3 is 0 Å². The van der Waals surface area contributed by atoms with Crippen LogP contribution < -0.4 is 0 Å². The molecular formula is C115H110. The summed E-state index contributed by atoms with van der Waals surface area (Å²) in [5, 5.41) is 5.39. The molecule has 0 saturated heterocycles. The number of rotatable bonds is 18. The van der Waals surface area contributed by atoms with Gasteiger partial charge in [-0.05, 0) is 307 Å². The Morgan fingerprint density at radius 3 is 0.800 bits per heavy atom. The van der Waals surface area contributed by atoms with Gasteiger partial charge in [-0.2, -0.15) is 0 Å². The molecule has 0 atom stereocenters. The maximum atomic E-state index is 2.81. The summed E-state index contributed by atoms with van der Waals surface area (Å²) in [5.41, 5.74) is 49.6. The molecule has 0 radical (unpaired) electrons. The lowest BCUT2D eigenvalue weighted by molar-refractivity contribution is 0.398. The second-order valence-corrected chi connectivity index (χ2v) is 39.2. The van der Waals surface area contributed by atoms with Crippen molar-refractivity contribution in [2.75, 3.05) is 0 Å². The zero-order chi connectivity index (χ0) is 78.8. The summed E-state index contributed by atoms with van der Waals surface area (Å²) in [5.74, 6) is 0. The molecule has 14 aromatic rings. The van der Waals surface area contributed by atoms with E-state index < -0.39 is 0 Å². The first-order valence-corrected chi connectivity index (χ1v) is 44.1. The lowest BCUT2D eigenvalue weighted by Gasteiger charge is -2.34. The van der Waals surface area contributed by atoms with Crippen molar-refractivity contribution in [2.45, 2.75) is 225 Å².